The minimum Gasteiger partial charge on any atom is -0.467 e. The second-order valence-corrected chi connectivity index (χ2v) is 5.21. The van der Waals surface area contributed by atoms with Crippen molar-refractivity contribution in [2.45, 2.75) is 32.5 Å². The van der Waals surface area contributed by atoms with E-state index >= 15 is 0 Å². The van der Waals surface area contributed by atoms with Gasteiger partial charge in [0.05, 0.1) is 17.3 Å². The molecule has 2 unspecified atom stereocenters. The molecule has 1 saturated heterocycles. The van der Waals surface area contributed by atoms with Crippen molar-refractivity contribution in [3.63, 3.8) is 0 Å². The number of furan rings is 1. The van der Waals surface area contributed by atoms with Gasteiger partial charge in [0.2, 0.25) is 0 Å². The summed E-state index contributed by atoms with van der Waals surface area (Å²) in [4.78, 5) is 2.43. The molecule has 2 heterocycles. The molecule has 0 aliphatic carbocycles. The van der Waals surface area contributed by atoms with Crippen molar-refractivity contribution < 1.29 is 4.42 Å². The van der Waals surface area contributed by atoms with Crippen LogP contribution in [-0.4, -0.2) is 30.1 Å². The van der Waals surface area contributed by atoms with Crippen LogP contribution in [0.1, 0.15) is 19.6 Å². The van der Waals surface area contributed by atoms with E-state index in [1.54, 1.807) is 6.26 Å². The normalized spacial score (nSPS) is 28.2. The van der Waals surface area contributed by atoms with Gasteiger partial charge >= 0.3 is 0 Å². The van der Waals surface area contributed by atoms with Gasteiger partial charge in [0.15, 0.2) is 0 Å². The van der Waals surface area contributed by atoms with E-state index in [0.717, 1.165) is 29.9 Å². The Labute approximate surface area is 99.0 Å². The van der Waals surface area contributed by atoms with Gasteiger partial charge < -0.3 is 9.73 Å². The lowest BCUT2D eigenvalue weighted by atomic mass is 10.1. The van der Waals surface area contributed by atoms with E-state index in [4.69, 9.17) is 4.42 Å². The Morgan fingerprint density at radius 1 is 1.47 bits per heavy atom. The number of halogens is 1. The smallest absolute Gasteiger partial charge is 0.131 e. The SMILES string of the molecule is CC1CN(Cc2occc2Br)CC(C)N1. The fourth-order valence-corrected chi connectivity index (χ4v) is 2.54. The molecule has 1 aliphatic heterocycles. The van der Waals surface area contributed by atoms with Crippen molar-refractivity contribution in [3.05, 3.63) is 22.6 Å². The van der Waals surface area contributed by atoms with Gasteiger partial charge in [-0.15, -0.1) is 0 Å². The van der Waals surface area contributed by atoms with Gasteiger partial charge in [-0.1, -0.05) is 0 Å². The van der Waals surface area contributed by atoms with Gasteiger partial charge in [-0.25, -0.2) is 0 Å². The minimum atomic E-state index is 0.558. The third-order valence-corrected chi connectivity index (χ3v) is 3.40. The highest BCUT2D eigenvalue weighted by Gasteiger charge is 2.22. The molecule has 1 fully saturated rings. The molecular weight excluding hydrogens is 256 g/mol. The molecule has 0 spiro atoms. The molecule has 4 heteroatoms. The molecule has 0 aromatic carbocycles. The zero-order chi connectivity index (χ0) is 10.8. The van der Waals surface area contributed by atoms with Crippen LogP contribution < -0.4 is 5.32 Å². The average molecular weight is 273 g/mol. The van der Waals surface area contributed by atoms with Crippen molar-refractivity contribution in [2.24, 2.45) is 0 Å². The zero-order valence-corrected chi connectivity index (χ0v) is 10.8. The molecule has 3 nitrogen and oxygen atoms in total. The quantitative estimate of drug-likeness (QED) is 0.895. The summed E-state index contributed by atoms with van der Waals surface area (Å²) in [6.45, 7) is 7.50. The Morgan fingerprint density at radius 2 is 2.13 bits per heavy atom. The van der Waals surface area contributed by atoms with Crippen molar-refractivity contribution >= 4 is 15.9 Å². The van der Waals surface area contributed by atoms with Crippen LogP contribution in [0.4, 0.5) is 0 Å². The lowest BCUT2D eigenvalue weighted by molar-refractivity contribution is 0.156. The van der Waals surface area contributed by atoms with E-state index in [2.05, 4.69) is 40.0 Å². The largest absolute Gasteiger partial charge is 0.467 e. The molecule has 2 atom stereocenters. The van der Waals surface area contributed by atoms with Crippen LogP contribution in [0.3, 0.4) is 0 Å². The molecule has 1 aromatic rings. The second kappa shape index (κ2) is 4.68. The topological polar surface area (TPSA) is 28.4 Å². The monoisotopic (exact) mass is 272 g/mol. The summed E-state index contributed by atoms with van der Waals surface area (Å²) >= 11 is 3.49. The third kappa shape index (κ3) is 2.83. The van der Waals surface area contributed by atoms with Crippen LogP contribution >= 0.6 is 15.9 Å². The summed E-state index contributed by atoms with van der Waals surface area (Å²) in [6, 6.07) is 3.06. The highest BCUT2D eigenvalue weighted by molar-refractivity contribution is 9.10. The van der Waals surface area contributed by atoms with Gasteiger partial charge in [0, 0.05) is 25.2 Å². The van der Waals surface area contributed by atoms with Gasteiger partial charge in [0.1, 0.15) is 5.76 Å². The molecule has 0 amide bonds. The predicted octanol–water partition coefficient (Wildman–Crippen LogP) is 2.22. The zero-order valence-electron chi connectivity index (χ0n) is 9.16. The fourth-order valence-electron chi connectivity index (χ4n) is 2.21. The molecule has 84 valence electrons. The number of nitrogens with zero attached hydrogens (tertiary/aromatic N) is 1. The van der Waals surface area contributed by atoms with Gasteiger partial charge in [-0.3, -0.25) is 4.90 Å². The summed E-state index contributed by atoms with van der Waals surface area (Å²) in [5.74, 6) is 1.02. The molecule has 1 aromatic heterocycles. The van der Waals surface area contributed by atoms with Crippen LogP contribution in [0, 0.1) is 0 Å². The number of hydrogen-bond acceptors (Lipinski definition) is 3. The Hall–Kier alpha value is -0.320. The number of rotatable bonds is 2. The Balaban J connectivity index is 1.97. The third-order valence-electron chi connectivity index (χ3n) is 2.69. The van der Waals surface area contributed by atoms with Crippen LogP contribution in [-0.2, 0) is 6.54 Å². The number of piperazine rings is 1. The second-order valence-electron chi connectivity index (χ2n) is 4.35. The van der Waals surface area contributed by atoms with Crippen LogP contribution in [0.25, 0.3) is 0 Å². The first-order chi connectivity index (χ1) is 7.15. The van der Waals surface area contributed by atoms with Crippen molar-refractivity contribution in [3.8, 4) is 0 Å². The molecule has 1 N–H and O–H groups in total. The lowest BCUT2D eigenvalue weighted by Gasteiger charge is -2.35. The van der Waals surface area contributed by atoms with E-state index in [1.807, 2.05) is 6.07 Å². The molecule has 2 rings (SSSR count). The Bertz CT molecular complexity index is 316. The summed E-state index contributed by atoms with van der Waals surface area (Å²) in [7, 11) is 0. The molecular formula is C11H17BrN2O. The molecule has 0 radical (unpaired) electrons. The van der Waals surface area contributed by atoms with Gasteiger partial charge in [-0.05, 0) is 35.8 Å². The number of hydrogen-bond donors (Lipinski definition) is 1. The Kier molecular flexibility index (Phi) is 3.49. The van der Waals surface area contributed by atoms with E-state index in [1.165, 1.54) is 0 Å². The van der Waals surface area contributed by atoms with Crippen LogP contribution in [0.15, 0.2) is 21.2 Å². The lowest BCUT2D eigenvalue weighted by Crippen LogP contribution is -2.53. The molecule has 1 aliphatic rings. The van der Waals surface area contributed by atoms with E-state index < -0.39 is 0 Å². The average Bonchev–Trinajstić information content (AvgIpc) is 2.50. The minimum absolute atomic E-state index is 0.558. The van der Waals surface area contributed by atoms with Crippen molar-refractivity contribution in [1.82, 2.24) is 10.2 Å². The maximum Gasteiger partial charge on any atom is 0.131 e. The highest BCUT2D eigenvalue weighted by Crippen LogP contribution is 2.20. The van der Waals surface area contributed by atoms with Crippen LogP contribution in [0.5, 0.6) is 0 Å². The highest BCUT2D eigenvalue weighted by atomic mass is 79.9. The number of nitrogens with one attached hydrogen (secondary N) is 1. The first-order valence-electron chi connectivity index (χ1n) is 5.35. The standard InChI is InChI=1S/C11H17BrN2O/c1-8-5-14(6-9(2)13-8)7-11-10(12)3-4-15-11/h3-4,8-9,13H,5-7H2,1-2H3. The summed E-state index contributed by atoms with van der Waals surface area (Å²) in [5.41, 5.74) is 0. The first-order valence-corrected chi connectivity index (χ1v) is 6.14. The summed E-state index contributed by atoms with van der Waals surface area (Å²) in [5, 5.41) is 3.52. The molecule has 0 saturated carbocycles. The van der Waals surface area contributed by atoms with E-state index in [-0.39, 0.29) is 0 Å². The maximum absolute atomic E-state index is 5.43. The Morgan fingerprint density at radius 3 is 2.67 bits per heavy atom. The predicted molar refractivity (Wildman–Crippen MR) is 63.7 cm³/mol. The molecule has 0 bridgehead atoms. The molecule has 15 heavy (non-hydrogen) atoms. The van der Waals surface area contributed by atoms with E-state index in [9.17, 15) is 0 Å². The first kappa shape index (κ1) is 11.2. The summed E-state index contributed by atoms with van der Waals surface area (Å²) in [6.07, 6.45) is 1.73. The van der Waals surface area contributed by atoms with Crippen molar-refractivity contribution in [2.75, 3.05) is 13.1 Å². The van der Waals surface area contributed by atoms with E-state index in [0.29, 0.717) is 12.1 Å². The summed E-state index contributed by atoms with van der Waals surface area (Å²) < 4.78 is 6.50. The van der Waals surface area contributed by atoms with Crippen molar-refractivity contribution in [1.29, 1.82) is 0 Å². The fraction of sp³-hybridized carbons (Fsp3) is 0.636. The van der Waals surface area contributed by atoms with Gasteiger partial charge in [0.25, 0.3) is 0 Å². The van der Waals surface area contributed by atoms with Gasteiger partial charge in [-0.2, -0.15) is 0 Å². The maximum atomic E-state index is 5.43. The van der Waals surface area contributed by atoms with Crippen LogP contribution in [0.2, 0.25) is 0 Å².